The van der Waals surface area contributed by atoms with Gasteiger partial charge in [0.25, 0.3) is 5.91 Å². The van der Waals surface area contributed by atoms with Gasteiger partial charge in [-0.05, 0) is 42.0 Å². The molecule has 3 rings (SSSR count). The fourth-order valence-electron chi connectivity index (χ4n) is 3.36. The first-order chi connectivity index (χ1) is 14.9. The molecule has 0 bridgehead atoms. The highest BCUT2D eigenvalue weighted by atomic mass is 32.2. The summed E-state index contributed by atoms with van der Waals surface area (Å²) in [7, 11) is -3.65. The summed E-state index contributed by atoms with van der Waals surface area (Å²) in [6, 6.07) is 11.8. The number of nitrogens with zero attached hydrogens (tertiary/aromatic N) is 1. The van der Waals surface area contributed by atoms with E-state index in [4.69, 9.17) is 4.74 Å². The third-order valence-electron chi connectivity index (χ3n) is 5.04. The van der Waals surface area contributed by atoms with Crippen molar-refractivity contribution in [2.45, 2.75) is 10.9 Å². The Balaban J connectivity index is 1.68. The number of halogens is 1. The number of ether oxygens (including phenoxy) is 1. The van der Waals surface area contributed by atoms with Gasteiger partial charge >= 0.3 is 0 Å². The Labute approximate surface area is 182 Å². The van der Waals surface area contributed by atoms with Crippen molar-refractivity contribution in [3.05, 3.63) is 78.1 Å². The second kappa shape index (κ2) is 10.6. The molecule has 2 aromatic rings. The van der Waals surface area contributed by atoms with Gasteiger partial charge in [-0.2, -0.15) is 0 Å². The van der Waals surface area contributed by atoms with Crippen LogP contribution in [0.15, 0.2) is 66.1 Å². The van der Waals surface area contributed by atoms with Crippen LogP contribution in [0.4, 0.5) is 4.39 Å². The molecule has 7 nitrogen and oxygen atoms in total. The number of carbonyl (C=O) groups is 1. The maximum absolute atomic E-state index is 13.4. The van der Waals surface area contributed by atoms with Crippen molar-refractivity contribution in [1.29, 1.82) is 0 Å². The fraction of sp³-hybridized carbons (Fsp3) is 0.318. The van der Waals surface area contributed by atoms with Gasteiger partial charge in [0.1, 0.15) is 5.82 Å². The molecule has 1 heterocycles. The molecule has 1 aliphatic heterocycles. The third-order valence-corrected chi connectivity index (χ3v) is 6.48. The molecule has 0 aromatic heterocycles. The molecular formula is C22H26FN3O4S. The summed E-state index contributed by atoms with van der Waals surface area (Å²) >= 11 is 0. The Morgan fingerprint density at radius 3 is 2.39 bits per heavy atom. The second-order valence-corrected chi connectivity index (χ2v) is 8.86. The zero-order chi connectivity index (χ0) is 22.3. The maximum Gasteiger partial charge on any atom is 0.251 e. The van der Waals surface area contributed by atoms with E-state index in [0.29, 0.717) is 38.4 Å². The van der Waals surface area contributed by atoms with Gasteiger partial charge in [0.2, 0.25) is 10.0 Å². The molecule has 2 aromatic carbocycles. The van der Waals surface area contributed by atoms with E-state index in [2.05, 4.69) is 21.5 Å². The van der Waals surface area contributed by atoms with E-state index < -0.39 is 10.0 Å². The summed E-state index contributed by atoms with van der Waals surface area (Å²) in [6.45, 7) is 6.55. The first-order valence-electron chi connectivity index (χ1n) is 9.97. The van der Waals surface area contributed by atoms with Crippen molar-refractivity contribution in [1.82, 2.24) is 14.9 Å². The van der Waals surface area contributed by atoms with Gasteiger partial charge in [-0.1, -0.05) is 18.2 Å². The van der Waals surface area contributed by atoms with E-state index in [-0.39, 0.29) is 29.2 Å². The number of carbonyl (C=O) groups excluding carboxylic acids is 1. The highest BCUT2D eigenvalue weighted by molar-refractivity contribution is 7.89. The molecule has 1 atom stereocenters. The SMILES string of the molecule is C=CCNS(=O)(=O)c1ccc(C(=O)NCC(c2ccc(F)cc2)N2CCOCC2)cc1. The van der Waals surface area contributed by atoms with Crippen LogP contribution in [-0.4, -0.2) is 58.6 Å². The van der Waals surface area contributed by atoms with E-state index in [0.717, 1.165) is 5.56 Å². The molecule has 0 spiro atoms. The number of morpholine rings is 1. The Morgan fingerprint density at radius 1 is 1.13 bits per heavy atom. The van der Waals surface area contributed by atoms with Crippen LogP contribution in [0.5, 0.6) is 0 Å². The molecule has 9 heteroatoms. The van der Waals surface area contributed by atoms with Crippen molar-refractivity contribution in [3.8, 4) is 0 Å². The molecule has 1 amide bonds. The number of sulfonamides is 1. The molecule has 1 unspecified atom stereocenters. The summed E-state index contributed by atoms with van der Waals surface area (Å²) < 4.78 is 45.4. The van der Waals surface area contributed by atoms with E-state index in [9.17, 15) is 17.6 Å². The van der Waals surface area contributed by atoms with Crippen LogP contribution in [0.1, 0.15) is 22.0 Å². The minimum absolute atomic E-state index is 0.0726. The Hall–Kier alpha value is -2.59. The predicted octanol–water partition coefficient (Wildman–Crippen LogP) is 2.09. The van der Waals surface area contributed by atoms with Gasteiger partial charge in [0.05, 0.1) is 24.2 Å². The van der Waals surface area contributed by atoms with Gasteiger partial charge in [0.15, 0.2) is 0 Å². The van der Waals surface area contributed by atoms with Crippen LogP contribution in [0.2, 0.25) is 0 Å². The summed E-state index contributed by atoms with van der Waals surface area (Å²) in [6.07, 6.45) is 1.45. The predicted molar refractivity (Wildman–Crippen MR) is 116 cm³/mol. The van der Waals surface area contributed by atoms with Crippen molar-refractivity contribution >= 4 is 15.9 Å². The zero-order valence-corrected chi connectivity index (χ0v) is 17.9. The van der Waals surface area contributed by atoms with Gasteiger partial charge in [-0.3, -0.25) is 9.69 Å². The van der Waals surface area contributed by atoms with E-state index >= 15 is 0 Å². The monoisotopic (exact) mass is 447 g/mol. The smallest absolute Gasteiger partial charge is 0.251 e. The summed E-state index contributed by atoms with van der Waals surface area (Å²) in [5.41, 5.74) is 1.25. The average Bonchev–Trinajstić information content (AvgIpc) is 2.79. The minimum Gasteiger partial charge on any atom is -0.379 e. The van der Waals surface area contributed by atoms with Crippen LogP contribution >= 0.6 is 0 Å². The minimum atomic E-state index is -3.65. The largest absolute Gasteiger partial charge is 0.379 e. The standard InChI is InChI=1S/C22H26FN3O4S/c1-2-11-25-31(28,29)20-9-5-18(6-10-20)22(27)24-16-21(26-12-14-30-15-13-26)17-3-7-19(23)8-4-17/h2-10,21,25H,1,11-16H2,(H,24,27). The highest BCUT2D eigenvalue weighted by Crippen LogP contribution is 2.22. The number of rotatable bonds is 9. The van der Waals surface area contributed by atoms with Crippen LogP contribution < -0.4 is 10.0 Å². The molecule has 166 valence electrons. The molecule has 0 radical (unpaired) electrons. The quantitative estimate of drug-likeness (QED) is 0.575. The van der Waals surface area contributed by atoms with Crippen LogP contribution in [-0.2, 0) is 14.8 Å². The Morgan fingerprint density at radius 2 is 1.77 bits per heavy atom. The van der Waals surface area contributed by atoms with Crippen molar-refractivity contribution in [2.75, 3.05) is 39.4 Å². The van der Waals surface area contributed by atoms with E-state index in [1.165, 1.54) is 42.5 Å². The number of amides is 1. The second-order valence-electron chi connectivity index (χ2n) is 7.09. The molecule has 1 aliphatic rings. The summed E-state index contributed by atoms with van der Waals surface area (Å²) in [4.78, 5) is 14.9. The lowest BCUT2D eigenvalue weighted by molar-refractivity contribution is 0.0162. The first-order valence-corrected chi connectivity index (χ1v) is 11.4. The van der Waals surface area contributed by atoms with Crippen molar-refractivity contribution < 1.29 is 22.3 Å². The Bertz CT molecular complexity index is 988. The van der Waals surface area contributed by atoms with Crippen molar-refractivity contribution in [2.24, 2.45) is 0 Å². The molecule has 31 heavy (non-hydrogen) atoms. The molecule has 1 fully saturated rings. The molecule has 1 saturated heterocycles. The van der Waals surface area contributed by atoms with Crippen LogP contribution in [0, 0.1) is 5.82 Å². The van der Waals surface area contributed by atoms with Gasteiger partial charge in [0, 0.05) is 31.7 Å². The Kier molecular flexibility index (Phi) is 7.91. The lowest BCUT2D eigenvalue weighted by atomic mass is 10.0. The average molecular weight is 448 g/mol. The number of hydrogen-bond acceptors (Lipinski definition) is 5. The number of nitrogens with one attached hydrogen (secondary N) is 2. The molecular weight excluding hydrogens is 421 g/mol. The topological polar surface area (TPSA) is 87.7 Å². The molecule has 2 N–H and O–H groups in total. The van der Waals surface area contributed by atoms with Crippen LogP contribution in [0.25, 0.3) is 0 Å². The normalized spacial score (nSPS) is 15.9. The fourth-order valence-corrected chi connectivity index (χ4v) is 4.36. The number of hydrogen-bond donors (Lipinski definition) is 2. The summed E-state index contributed by atoms with van der Waals surface area (Å²) in [5.74, 6) is -0.630. The molecule has 0 aliphatic carbocycles. The van der Waals surface area contributed by atoms with Crippen molar-refractivity contribution in [3.63, 3.8) is 0 Å². The lowest BCUT2D eigenvalue weighted by Gasteiger charge is -2.35. The van der Waals surface area contributed by atoms with Crippen LogP contribution in [0.3, 0.4) is 0 Å². The van der Waals surface area contributed by atoms with Gasteiger partial charge in [-0.15, -0.1) is 6.58 Å². The van der Waals surface area contributed by atoms with E-state index in [1.54, 1.807) is 12.1 Å². The summed E-state index contributed by atoms with van der Waals surface area (Å²) in [5, 5.41) is 2.91. The highest BCUT2D eigenvalue weighted by Gasteiger charge is 2.23. The number of benzene rings is 2. The molecule has 0 saturated carbocycles. The van der Waals surface area contributed by atoms with Gasteiger partial charge in [-0.25, -0.2) is 17.5 Å². The maximum atomic E-state index is 13.4. The zero-order valence-electron chi connectivity index (χ0n) is 17.1. The first kappa shape index (κ1) is 23.1. The van der Waals surface area contributed by atoms with Gasteiger partial charge < -0.3 is 10.1 Å². The van der Waals surface area contributed by atoms with E-state index in [1.807, 2.05) is 0 Å². The third kappa shape index (κ3) is 6.20. The lowest BCUT2D eigenvalue weighted by Crippen LogP contribution is -2.43.